The molecule has 2 N–H and O–H groups in total. The van der Waals surface area contributed by atoms with Crippen LogP contribution < -0.4 is 5.73 Å². The number of esters is 1. The fourth-order valence-electron chi connectivity index (χ4n) is 2.05. The van der Waals surface area contributed by atoms with Crippen molar-refractivity contribution in [2.24, 2.45) is 0 Å². The van der Waals surface area contributed by atoms with Crippen molar-refractivity contribution in [1.82, 2.24) is 4.90 Å². The second-order valence-electron chi connectivity index (χ2n) is 4.76. The lowest BCUT2D eigenvalue weighted by atomic mass is 10.2. The second-order valence-corrected chi connectivity index (χ2v) is 5.67. The second kappa shape index (κ2) is 6.91. The minimum Gasteiger partial charge on any atom is -0.449 e. The lowest BCUT2D eigenvalue weighted by Crippen LogP contribution is -2.46. The summed E-state index contributed by atoms with van der Waals surface area (Å²) >= 11 is 3.26. The van der Waals surface area contributed by atoms with Crippen molar-refractivity contribution in [1.29, 1.82) is 0 Å². The van der Waals surface area contributed by atoms with Crippen molar-refractivity contribution in [3.8, 4) is 0 Å². The van der Waals surface area contributed by atoms with Gasteiger partial charge >= 0.3 is 5.97 Å². The first-order valence-corrected chi connectivity index (χ1v) is 7.40. The number of hydrogen-bond donors (Lipinski definition) is 1. The van der Waals surface area contributed by atoms with E-state index in [1.807, 2.05) is 0 Å². The van der Waals surface area contributed by atoms with E-state index in [4.69, 9.17) is 15.2 Å². The van der Waals surface area contributed by atoms with Crippen LogP contribution in [0.5, 0.6) is 0 Å². The summed E-state index contributed by atoms with van der Waals surface area (Å²) in [5.41, 5.74) is 6.43. The van der Waals surface area contributed by atoms with E-state index in [1.165, 1.54) is 6.07 Å². The Balaban J connectivity index is 1.99. The third-order valence-corrected chi connectivity index (χ3v) is 3.57. The van der Waals surface area contributed by atoms with Gasteiger partial charge in [0.15, 0.2) is 6.10 Å². The zero-order valence-corrected chi connectivity index (χ0v) is 13.3. The molecule has 114 valence electrons. The van der Waals surface area contributed by atoms with Gasteiger partial charge in [0.2, 0.25) is 0 Å². The lowest BCUT2D eigenvalue weighted by molar-refractivity contribution is -0.143. The molecule has 0 radical (unpaired) electrons. The van der Waals surface area contributed by atoms with E-state index in [2.05, 4.69) is 15.9 Å². The monoisotopic (exact) mass is 356 g/mol. The van der Waals surface area contributed by atoms with Crippen molar-refractivity contribution < 1.29 is 19.1 Å². The Bertz CT molecular complexity index is 524. The van der Waals surface area contributed by atoms with E-state index in [0.717, 1.165) is 0 Å². The minimum absolute atomic E-state index is 0.213. The summed E-state index contributed by atoms with van der Waals surface area (Å²) < 4.78 is 11.1. The highest BCUT2D eigenvalue weighted by molar-refractivity contribution is 9.10. The molecule has 1 unspecified atom stereocenters. The van der Waals surface area contributed by atoms with Gasteiger partial charge in [0.05, 0.1) is 18.8 Å². The van der Waals surface area contributed by atoms with Crippen LogP contribution in [0.1, 0.15) is 17.3 Å². The van der Waals surface area contributed by atoms with Crippen LogP contribution in [0.4, 0.5) is 5.69 Å². The van der Waals surface area contributed by atoms with E-state index in [-0.39, 0.29) is 5.91 Å². The van der Waals surface area contributed by atoms with E-state index >= 15 is 0 Å². The Morgan fingerprint density at radius 3 is 2.62 bits per heavy atom. The number of amides is 1. The van der Waals surface area contributed by atoms with Crippen LogP contribution in [0.3, 0.4) is 0 Å². The topological polar surface area (TPSA) is 81.9 Å². The molecule has 6 nitrogen and oxygen atoms in total. The van der Waals surface area contributed by atoms with Gasteiger partial charge in [-0.15, -0.1) is 0 Å². The Morgan fingerprint density at radius 2 is 2.00 bits per heavy atom. The van der Waals surface area contributed by atoms with Gasteiger partial charge in [-0.2, -0.15) is 0 Å². The van der Waals surface area contributed by atoms with E-state index in [0.29, 0.717) is 42.0 Å². The Hall–Kier alpha value is -1.60. The molecular weight excluding hydrogens is 340 g/mol. The summed E-state index contributed by atoms with van der Waals surface area (Å²) in [6.07, 6.45) is -0.837. The molecule has 1 fully saturated rings. The van der Waals surface area contributed by atoms with E-state index in [1.54, 1.807) is 24.0 Å². The van der Waals surface area contributed by atoms with Crippen LogP contribution in [0.15, 0.2) is 22.7 Å². The standard InChI is InChI=1S/C14H17BrN2O4/c1-9(13(18)17-2-4-20-5-3-17)21-14(19)10-6-11(15)8-12(16)7-10/h6-9H,2-5,16H2,1H3. The van der Waals surface area contributed by atoms with E-state index in [9.17, 15) is 9.59 Å². The summed E-state index contributed by atoms with van der Waals surface area (Å²) in [4.78, 5) is 25.8. The number of benzene rings is 1. The van der Waals surface area contributed by atoms with Gasteiger partial charge in [0.25, 0.3) is 5.91 Å². The molecule has 0 saturated carbocycles. The molecule has 21 heavy (non-hydrogen) atoms. The molecule has 1 aromatic rings. The molecule has 7 heteroatoms. The highest BCUT2D eigenvalue weighted by atomic mass is 79.9. The fourth-order valence-corrected chi connectivity index (χ4v) is 2.56. The molecule has 0 spiro atoms. The zero-order chi connectivity index (χ0) is 15.4. The van der Waals surface area contributed by atoms with Crippen molar-refractivity contribution >= 4 is 33.5 Å². The van der Waals surface area contributed by atoms with Crippen molar-refractivity contribution in [2.45, 2.75) is 13.0 Å². The Labute approximate surface area is 131 Å². The third-order valence-electron chi connectivity index (χ3n) is 3.11. The maximum absolute atomic E-state index is 12.2. The first-order valence-electron chi connectivity index (χ1n) is 6.61. The quantitative estimate of drug-likeness (QED) is 0.654. The molecule has 0 bridgehead atoms. The first kappa shape index (κ1) is 15.8. The molecule has 1 saturated heterocycles. The molecule has 0 aliphatic carbocycles. The highest BCUT2D eigenvalue weighted by Gasteiger charge is 2.25. The summed E-state index contributed by atoms with van der Waals surface area (Å²) in [6.45, 7) is 3.62. The van der Waals surface area contributed by atoms with Crippen LogP contribution in [0, 0.1) is 0 Å². The Kier molecular flexibility index (Phi) is 5.19. The predicted octanol–water partition coefficient (Wildman–Crippen LogP) is 1.44. The number of anilines is 1. The largest absolute Gasteiger partial charge is 0.449 e. The average molecular weight is 357 g/mol. The fraction of sp³-hybridized carbons (Fsp3) is 0.429. The van der Waals surface area contributed by atoms with Crippen LogP contribution in [-0.4, -0.2) is 49.2 Å². The van der Waals surface area contributed by atoms with Crippen molar-refractivity contribution in [2.75, 3.05) is 32.0 Å². The first-order chi connectivity index (χ1) is 9.97. The maximum Gasteiger partial charge on any atom is 0.339 e. The van der Waals surface area contributed by atoms with Crippen LogP contribution in [-0.2, 0) is 14.3 Å². The minimum atomic E-state index is -0.837. The van der Waals surface area contributed by atoms with Crippen LogP contribution >= 0.6 is 15.9 Å². The number of ether oxygens (including phenoxy) is 2. The van der Waals surface area contributed by atoms with Gasteiger partial charge in [0, 0.05) is 23.2 Å². The Morgan fingerprint density at radius 1 is 1.33 bits per heavy atom. The number of nitrogen functional groups attached to an aromatic ring is 1. The molecule has 1 aliphatic heterocycles. The van der Waals surface area contributed by atoms with Crippen molar-refractivity contribution in [3.05, 3.63) is 28.2 Å². The number of nitrogens with zero attached hydrogens (tertiary/aromatic N) is 1. The van der Waals surface area contributed by atoms with Crippen LogP contribution in [0.25, 0.3) is 0 Å². The number of carbonyl (C=O) groups is 2. The summed E-state index contributed by atoms with van der Waals surface area (Å²) in [6, 6.07) is 4.79. The predicted molar refractivity (Wildman–Crippen MR) is 80.8 cm³/mol. The zero-order valence-electron chi connectivity index (χ0n) is 11.7. The highest BCUT2D eigenvalue weighted by Crippen LogP contribution is 2.18. The number of rotatable bonds is 3. The van der Waals surface area contributed by atoms with E-state index < -0.39 is 12.1 Å². The lowest BCUT2D eigenvalue weighted by Gasteiger charge is -2.28. The van der Waals surface area contributed by atoms with Gasteiger partial charge in [-0.1, -0.05) is 15.9 Å². The average Bonchev–Trinajstić information content (AvgIpc) is 2.46. The summed E-state index contributed by atoms with van der Waals surface area (Å²) in [5, 5.41) is 0. The smallest absolute Gasteiger partial charge is 0.339 e. The molecule has 1 heterocycles. The number of nitrogens with two attached hydrogens (primary N) is 1. The third kappa shape index (κ3) is 4.18. The van der Waals surface area contributed by atoms with Gasteiger partial charge in [0.1, 0.15) is 0 Å². The number of morpholine rings is 1. The van der Waals surface area contributed by atoms with Crippen molar-refractivity contribution in [3.63, 3.8) is 0 Å². The molecule has 1 aliphatic rings. The SMILES string of the molecule is CC(OC(=O)c1cc(N)cc(Br)c1)C(=O)N1CCOCC1. The number of carbonyl (C=O) groups excluding carboxylic acids is 2. The van der Waals surface area contributed by atoms with Crippen LogP contribution in [0.2, 0.25) is 0 Å². The molecular formula is C14H17BrN2O4. The van der Waals surface area contributed by atoms with Gasteiger partial charge < -0.3 is 20.1 Å². The molecule has 0 aromatic heterocycles. The molecule has 1 atom stereocenters. The van der Waals surface area contributed by atoms with Gasteiger partial charge in [-0.25, -0.2) is 4.79 Å². The molecule has 1 aromatic carbocycles. The summed E-state index contributed by atoms with van der Waals surface area (Å²) in [7, 11) is 0. The van der Waals surface area contributed by atoms with Gasteiger partial charge in [-0.05, 0) is 25.1 Å². The number of hydrogen-bond acceptors (Lipinski definition) is 5. The molecule has 1 amide bonds. The normalized spacial score (nSPS) is 16.4. The number of halogens is 1. The summed E-state index contributed by atoms with van der Waals surface area (Å²) in [5.74, 6) is -0.785. The molecule has 2 rings (SSSR count). The maximum atomic E-state index is 12.2. The van der Waals surface area contributed by atoms with Gasteiger partial charge in [-0.3, -0.25) is 4.79 Å².